The molecule has 2 aromatic carbocycles. The van der Waals surface area contributed by atoms with Crippen molar-refractivity contribution in [3.8, 4) is 0 Å². The molecular formula is C19H18N2OS. The summed E-state index contributed by atoms with van der Waals surface area (Å²) in [5, 5.41) is 1.10. The van der Waals surface area contributed by atoms with Gasteiger partial charge in [-0.25, -0.2) is 0 Å². The summed E-state index contributed by atoms with van der Waals surface area (Å²) in [6, 6.07) is 19.8. The Hall–Kier alpha value is -2.33. The van der Waals surface area contributed by atoms with E-state index in [4.69, 9.17) is 0 Å². The van der Waals surface area contributed by atoms with Gasteiger partial charge in [0.05, 0.1) is 11.3 Å². The van der Waals surface area contributed by atoms with Crippen LogP contribution < -0.4 is 4.90 Å². The molecule has 23 heavy (non-hydrogen) atoms. The topological polar surface area (TPSA) is 33.2 Å². The maximum absolute atomic E-state index is 12.6. The number of hydrogen-bond donors (Lipinski definition) is 0. The van der Waals surface area contributed by atoms with Gasteiger partial charge in [0.2, 0.25) is 5.91 Å². The van der Waals surface area contributed by atoms with Crippen molar-refractivity contribution in [1.82, 2.24) is 4.98 Å². The van der Waals surface area contributed by atoms with Gasteiger partial charge in [0.25, 0.3) is 0 Å². The van der Waals surface area contributed by atoms with Crippen molar-refractivity contribution >= 4 is 34.3 Å². The zero-order valence-electron chi connectivity index (χ0n) is 13.0. The van der Waals surface area contributed by atoms with Crippen molar-refractivity contribution in [3.05, 3.63) is 66.9 Å². The molecule has 1 amide bonds. The summed E-state index contributed by atoms with van der Waals surface area (Å²) < 4.78 is 0. The number of thioether (sulfide) groups is 1. The average molecular weight is 322 g/mol. The number of carbonyl (C=O) groups is 1. The average Bonchev–Trinajstić information content (AvgIpc) is 2.61. The molecule has 0 fully saturated rings. The summed E-state index contributed by atoms with van der Waals surface area (Å²) in [7, 11) is 0. The van der Waals surface area contributed by atoms with Gasteiger partial charge in [0.1, 0.15) is 0 Å². The fraction of sp³-hybridized carbons (Fsp3) is 0.158. The van der Waals surface area contributed by atoms with Gasteiger partial charge in [-0.2, -0.15) is 0 Å². The van der Waals surface area contributed by atoms with E-state index < -0.39 is 0 Å². The minimum atomic E-state index is 0.108. The van der Waals surface area contributed by atoms with E-state index in [1.54, 1.807) is 18.0 Å². The van der Waals surface area contributed by atoms with E-state index in [9.17, 15) is 4.79 Å². The highest BCUT2D eigenvalue weighted by molar-refractivity contribution is 8.00. The summed E-state index contributed by atoms with van der Waals surface area (Å²) in [5.41, 5.74) is 1.90. The Morgan fingerprint density at radius 3 is 2.61 bits per heavy atom. The molecule has 0 unspecified atom stereocenters. The van der Waals surface area contributed by atoms with Crippen LogP contribution >= 0.6 is 11.8 Å². The van der Waals surface area contributed by atoms with Crippen molar-refractivity contribution in [1.29, 1.82) is 0 Å². The van der Waals surface area contributed by atoms with E-state index in [0.717, 1.165) is 21.5 Å². The van der Waals surface area contributed by atoms with Gasteiger partial charge in [-0.1, -0.05) is 36.4 Å². The van der Waals surface area contributed by atoms with Gasteiger partial charge in [0, 0.05) is 28.7 Å². The lowest BCUT2D eigenvalue weighted by Crippen LogP contribution is -2.32. The van der Waals surface area contributed by atoms with Crippen LogP contribution in [0.1, 0.15) is 6.92 Å². The number of rotatable bonds is 5. The Labute approximate surface area is 140 Å². The third-order valence-electron chi connectivity index (χ3n) is 3.63. The number of pyridine rings is 1. The molecule has 116 valence electrons. The summed E-state index contributed by atoms with van der Waals surface area (Å²) in [5.74, 6) is 0.509. The standard InChI is InChI=1S/C19H18N2OS/c1-2-21(16-10-4-3-5-11-16)18(22)14-23-17-12-6-8-15-9-7-13-20-19(15)17/h3-13H,2,14H2,1H3. The quantitative estimate of drug-likeness (QED) is 0.654. The molecule has 1 heterocycles. The zero-order chi connectivity index (χ0) is 16.1. The molecule has 0 aliphatic carbocycles. The first-order valence-corrected chi connectivity index (χ1v) is 8.60. The lowest BCUT2D eigenvalue weighted by molar-refractivity contribution is -0.116. The molecule has 1 aromatic heterocycles. The number of carbonyl (C=O) groups excluding carboxylic acids is 1. The zero-order valence-corrected chi connectivity index (χ0v) is 13.8. The summed E-state index contributed by atoms with van der Waals surface area (Å²) in [4.78, 5) is 19.9. The van der Waals surface area contributed by atoms with Crippen molar-refractivity contribution in [2.24, 2.45) is 0 Å². The van der Waals surface area contributed by atoms with Gasteiger partial charge >= 0.3 is 0 Å². The third-order valence-corrected chi connectivity index (χ3v) is 4.66. The molecule has 0 atom stereocenters. The van der Waals surface area contributed by atoms with Crippen molar-refractivity contribution in [2.75, 3.05) is 17.2 Å². The lowest BCUT2D eigenvalue weighted by atomic mass is 10.2. The second kappa shape index (κ2) is 7.29. The number of para-hydroxylation sites is 2. The van der Waals surface area contributed by atoms with E-state index >= 15 is 0 Å². The van der Waals surface area contributed by atoms with E-state index in [0.29, 0.717) is 12.3 Å². The smallest absolute Gasteiger partial charge is 0.237 e. The normalized spacial score (nSPS) is 10.7. The van der Waals surface area contributed by atoms with Crippen LogP contribution in [0.4, 0.5) is 5.69 Å². The predicted octanol–water partition coefficient (Wildman–Crippen LogP) is 4.38. The molecule has 3 aromatic rings. The van der Waals surface area contributed by atoms with Crippen LogP contribution in [0.3, 0.4) is 0 Å². The van der Waals surface area contributed by atoms with E-state index in [1.807, 2.05) is 72.5 Å². The lowest BCUT2D eigenvalue weighted by Gasteiger charge is -2.20. The predicted molar refractivity (Wildman–Crippen MR) is 96.9 cm³/mol. The Bertz CT molecular complexity index is 799. The molecule has 0 aliphatic rings. The van der Waals surface area contributed by atoms with Crippen molar-refractivity contribution in [2.45, 2.75) is 11.8 Å². The molecule has 0 saturated carbocycles. The maximum Gasteiger partial charge on any atom is 0.237 e. The second-order valence-electron chi connectivity index (χ2n) is 5.09. The van der Waals surface area contributed by atoms with Crippen LogP contribution in [0.5, 0.6) is 0 Å². The van der Waals surface area contributed by atoms with Crippen molar-refractivity contribution < 1.29 is 4.79 Å². The molecule has 0 aliphatic heterocycles. The minimum absolute atomic E-state index is 0.108. The maximum atomic E-state index is 12.6. The van der Waals surface area contributed by atoms with Gasteiger partial charge in [-0.3, -0.25) is 9.78 Å². The highest BCUT2D eigenvalue weighted by Gasteiger charge is 2.14. The van der Waals surface area contributed by atoms with E-state index in [2.05, 4.69) is 4.98 Å². The molecule has 0 spiro atoms. The van der Waals surface area contributed by atoms with Crippen LogP contribution in [0.2, 0.25) is 0 Å². The molecule has 4 heteroatoms. The summed E-state index contributed by atoms with van der Waals surface area (Å²) in [6.07, 6.45) is 1.79. The summed E-state index contributed by atoms with van der Waals surface area (Å²) in [6.45, 7) is 2.66. The highest BCUT2D eigenvalue weighted by atomic mass is 32.2. The van der Waals surface area contributed by atoms with E-state index in [1.165, 1.54) is 0 Å². The molecule has 0 N–H and O–H groups in total. The third kappa shape index (κ3) is 3.54. The minimum Gasteiger partial charge on any atom is -0.312 e. The van der Waals surface area contributed by atoms with Crippen LogP contribution in [0.25, 0.3) is 10.9 Å². The Balaban J connectivity index is 1.75. The monoisotopic (exact) mass is 322 g/mol. The molecule has 3 rings (SSSR count). The molecule has 3 nitrogen and oxygen atoms in total. The van der Waals surface area contributed by atoms with Gasteiger partial charge < -0.3 is 4.90 Å². The fourth-order valence-electron chi connectivity index (χ4n) is 2.52. The number of aromatic nitrogens is 1. The van der Waals surface area contributed by atoms with Crippen LogP contribution in [-0.2, 0) is 4.79 Å². The second-order valence-corrected chi connectivity index (χ2v) is 6.11. The number of amides is 1. The number of hydrogen-bond acceptors (Lipinski definition) is 3. The fourth-order valence-corrected chi connectivity index (χ4v) is 3.44. The summed E-state index contributed by atoms with van der Waals surface area (Å²) >= 11 is 1.54. The first-order chi connectivity index (χ1) is 11.3. The Kier molecular flexibility index (Phi) is 4.93. The van der Waals surface area contributed by atoms with Crippen LogP contribution in [0.15, 0.2) is 71.8 Å². The molecule has 0 bridgehead atoms. The Morgan fingerprint density at radius 1 is 1.04 bits per heavy atom. The van der Waals surface area contributed by atoms with Gasteiger partial charge in [-0.15, -0.1) is 11.8 Å². The number of anilines is 1. The first kappa shape index (κ1) is 15.6. The van der Waals surface area contributed by atoms with E-state index in [-0.39, 0.29) is 5.91 Å². The number of benzene rings is 2. The van der Waals surface area contributed by atoms with Gasteiger partial charge in [-0.05, 0) is 31.2 Å². The molecule has 0 radical (unpaired) electrons. The first-order valence-electron chi connectivity index (χ1n) is 7.61. The van der Waals surface area contributed by atoms with Gasteiger partial charge in [0.15, 0.2) is 0 Å². The Morgan fingerprint density at radius 2 is 1.83 bits per heavy atom. The number of fused-ring (bicyclic) bond motifs is 1. The van der Waals surface area contributed by atoms with Crippen LogP contribution in [0, 0.1) is 0 Å². The number of nitrogens with zero attached hydrogens (tertiary/aromatic N) is 2. The van der Waals surface area contributed by atoms with Crippen LogP contribution in [-0.4, -0.2) is 23.2 Å². The highest BCUT2D eigenvalue weighted by Crippen LogP contribution is 2.27. The largest absolute Gasteiger partial charge is 0.312 e. The SMILES string of the molecule is CCN(C(=O)CSc1cccc2cccnc12)c1ccccc1. The molecular weight excluding hydrogens is 304 g/mol. The van der Waals surface area contributed by atoms with Crippen molar-refractivity contribution in [3.63, 3.8) is 0 Å². The molecule has 0 saturated heterocycles.